The number of amides is 1. The third-order valence-corrected chi connectivity index (χ3v) is 7.06. The van der Waals surface area contributed by atoms with Crippen molar-refractivity contribution in [1.29, 1.82) is 0 Å². The van der Waals surface area contributed by atoms with E-state index in [2.05, 4.69) is 20.9 Å². The topological polar surface area (TPSA) is 81.1 Å². The fraction of sp³-hybridized carbons (Fsp3) is 0.160. The van der Waals surface area contributed by atoms with Gasteiger partial charge in [-0.05, 0) is 42.3 Å². The van der Waals surface area contributed by atoms with Gasteiger partial charge < -0.3 is 15.5 Å². The van der Waals surface area contributed by atoms with E-state index in [0.717, 1.165) is 22.4 Å². The number of rotatable bonds is 5. The number of aryl methyl sites for hydroxylation is 1. The molecule has 0 aliphatic carbocycles. The Bertz CT molecular complexity index is 1340. The van der Waals surface area contributed by atoms with Gasteiger partial charge >= 0.3 is 0 Å². The van der Waals surface area contributed by atoms with Crippen LogP contribution in [0.1, 0.15) is 17.2 Å². The van der Waals surface area contributed by atoms with E-state index >= 15 is 0 Å². The Morgan fingerprint density at radius 3 is 2.65 bits per heavy atom. The lowest BCUT2D eigenvalue weighted by molar-refractivity contribution is -0.116. The number of carbonyl (C=O) groups is 1. The van der Waals surface area contributed by atoms with E-state index in [4.69, 9.17) is 16.3 Å². The minimum Gasteiger partial charge on any atom is -0.495 e. The largest absolute Gasteiger partial charge is 0.495 e. The van der Waals surface area contributed by atoms with Gasteiger partial charge in [0.1, 0.15) is 11.0 Å². The monoisotopic (exact) mass is 491 g/mol. The Labute approximate surface area is 206 Å². The quantitative estimate of drug-likeness (QED) is 0.393. The summed E-state index contributed by atoms with van der Waals surface area (Å²) in [6.07, 6.45) is 0. The normalized spacial score (nSPS) is 16.9. The molecule has 2 atom stereocenters. The summed E-state index contributed by atoms with van der Waals surface area (Å²) in [5.41, 5.74) is 7.04. The van der Waals surface area contributed by atoms with Crippen LogP contribution in [0.5, 0.6) is 5.75 Å². The van der Waals surface area contributed by atoms with Crippen LogP contribution in [0.3, 0.4) is 0 Å². The Morgan fingerprint density at radius 1 is 1.09 bits per heavy atom. The van der Waals surface area contributed by atoms with Crippen molar-refractivity contribution in [2.45, 2.75) is 23.4 Å². The number of hydrogen-bond acceptors (Lipinski definition) is 6. The van der Waals surface area contributed by atoms with Gasteiger partial charge in [0, 0.05) is 11.3 Å². The number of halogens is 1. The molecule has 9 heteroatoms. The van der Waals surface area contributed by atoms with E-state index in [0.29, 0.717) is 21.8 Å². The second-order valence-electron chi connectivity index (χ2n) is 7.91. The van der Waals surface area contributed by atoms with Crippen LogP contribution < -0.4 is 15.5 Å². The van der Waals surface area contributed by atoms with Gasteiger partial charge in [0.25, 0.3) is 0 Å². The summed E-state index contributed by atoms with van der Waals surface area (Å²) in [4.78, 5) is 13.5. The molecule has 0 spiro atoms. The number of nitrogens with zero attached hydrogens (tertiary/aromatic N) is 3. The average molecular weight is 492 g/mol. The van der Waals surface area contributed by atoms with Gasteiger partial charge in [-0.25, -0.2) is 4.68 Å². The van der Waals surface area contributed by atoms with Crippen molar-refractivity contribution in [2.24, 2.45) is 0 Å². The van der Waals surface area contributed by atoms with Crippen molar-refractivity contribution in [1.82, 2.24) is 14.9 Å². The maximum atomic E-state index is 13.5. The number of fused-ring (bicyclic) bond motifs is 1. The van der Waals surface area contributed by atoms with Gasteiger partial charge in [-0.3, -0.25) is 4.79 Å². The van der Waals surface area contributed by atoms with E-state index in [-0.39, 0.29) is 5.91 Å². The molecule has 3 aromatic carbocycles. The van der Waals surface area contributed by atoms with Crippen molar-refractivity contribution < 1.29 is 9.53 Å². The zero-order chi connectivity index (χ0) is 23.7. The smallest absolute Gasteiger partial charge is 0.240 e. The summed E-state index contributed by atoms with van der Waals surface area (Å²) >= 11 is 7.80. The van der Waals surface area contributed by atoms with Crippen LogP contribution in [-0.2, 0) is 4.79 Å². The van der Waals surface area contributed by atoms with E-state index in [9.17, 15) is 4.79 Å². The van der Waals surface area contributed by atoms with Crippen LogP contribution in [0.2, 0.25) is 5.02 Å². The third-order valence-electron chi connectivity index (χ3n) is 5.55. The predicted octanol–water partition coefficient (Wildman–Crippen LogP) is 5.31. The molecule has 0 fully saturated rings. The van der Waals surface area contributed by atoms with Gasteiger partial charge in [-0.15, -0.1) is 10.2 Å². The molecule has 0 saturated carbocycles. The molecule has 1 aliphatic rings. The Morgan fingerprint density at radius 2 is 1.91 bits per heavy atom. The molecule has 2 N–H and O–H groups in total. The number of nitrogens with one attached hydrogen (secondary N) is 2. The van der Waals surface area contributed by atoms with Crippen LogP contribution in [0.25, 0.3) is 11.4 Å². The number of aromatic nitrogens is 3. The van der Waals surface area contributed by atoms with E-state index < -0.39 is 11.3 Å². The van der Waals surface area contributed by atoms with Crippen molar-refractivity contribution in [3.63, 3.8) is 0 Å². The van der Waals surface area contributed by atoms with Crippen LogP contribution in [0.15, 0.2) is 78.0 Å². The Balaban J connectivity index is 1.53. The number of ether oxygens (including phenoxy) is 1. The molecule has 172 valence electrons. The number of carbonyl (C=O) groups excluding carboxylic acids is 1. The van der Waals surface area contributed by atoms with Crippen molar-refractivity contribution in [2.75, 3.05) is 17.9 Å². The molecule has 7 nitrogen and oxygen atoms in total. The van der Waals surface area contributed by atoms with Gasteiger partial charge in [0.2, 0.25) is 11.1 Å². The molecule has 34 heavy (non-hydrogen) atoms. The van der Waals surface area contributed by atoms with Crippen molar-refractivity contribution in [3.8, 4) is 17.1 Å². The van der Waals surface area contributed by atoms with Crippen LogP contribution in [0.4, 0.5) is 5.69 Å². The molecule has 0 unspecified atom stereocenters. The molecule has 1 aromatic heterocycles. The first-order valence-corrected chi connectivity index (χ1v) is 11.9. The third kappa shape index (κ3) is 4.34. The lowest BCUT2D eigenvalue weighted by Crippen LogP contribution is -2.41. The van der Waals surface area contributed by atoms with E-state index in [1.54, 1.807) is 13.2 Å². The standard InChI is InChI=1S/C25H22ClN5O2S/c1-15-7-6-10-18(13-15)27-24(32)22-21(17-11-12-20(33-2)19(26)14-17)30-31-23(28-29-25(31)34-22)16-8-4-3-5-9-16/h3-14,21-22,30H,1-2H3,(H,27,32)/t21-,22-/m1/s1. The highest BCUT2D eigenvalue weighted by Crippen LogP contribution is 2.40. The first-order chi connectivity index (χ1) is 16.5. The summed E-state index contributed by atoms with van der Waals surface area (Å²) in [5.74, 6) is 1.10. The fourth-order valence-corrected chi connectivity index (χ4v) is 5.24. The molecule has 1 amide bonds. The lowest BCUT2D eigenvalue weighted by atomic mass is 10.0. The van der Waals surface area contributed by atoms with Crippen LogP contribution in [0, 0.1) is 6.92 Å². The summed E-state index contributed by atoms with van der Waals surface area (Å²) < 4.78 is 7.14. The zero-order valence-corrected chi connectivity index (χ0v) is 20.1. The molecule has 0 radical (unpaired) electrons. The molecule has 1 aliphatic heterocycles. The average Bonchev–Trinajstić information content (AvgIpc) is 3.27. The Kier molecular flexibility index (Phi) is 6.17. The maximum absolute atomic E-state index is 13.5. The predicted molar refractivity (Wildman–Crippen MR) is 135 cm³/mol. The molecule has 0 bridgehead atoms. The first kappa shape index (κ1) is 22.3. The summed E-state index contributed by atoms with van der Waals surface area (Å²) in [7, 11) is 1.57. The first-order valence-electron chi connectivity index (χ1n) is 10.7. The van der Waals surface area contributed by atoms with Crippen LogP contribution in [-0.4, -0.2) is 33.1 Å². The lowest BCUT2D eigenvalue weighted by Gasteiger charge is -2.33. The number of hydrogen-bond donors (Lipinski definition) is 2. The SMILES string of the molecule is COc1ccc([C@H]2Nn3c(nnc3-c3ccccc3)S[C@H]2C(=O)Nc2cccc(C)c2)cc1Cl. The maximum Gasteiger partial charge on any atom is 0.240 e. The van der Waals surface area contributed by atoms with Crippen LogP contribution >= 0.6 is 23.4 Å². The highest BCUT2D eigenvalue weighted by molar-refractivity contribution is 8.00. The molecule has 0 saturated heterocycles. The van der Waals surface area contributed by atoms with E-state index in [1.165, 1.54) is 11.8 Å². The highest BCUT2D eigenvalue weighted by atomic mass is 35.5. The second kappa shape index (κ2) is 9.40. The molecular formula is C25H22ClN5O2S. The molecular weight excluding hydrogens is 470 g/mol. The number of benzene rings is 3. The van der Waals surface area contributed by atoms with Gasteiger partial charge in [0.15, 0.2) is 5.82 Å². The van der Waals surface area contributed by atoms with Gasteiger partial charge in [-0.1, -0.05) is 71.9 Å². The summed E-state index contributed by atoms with van der Waals surface area (Å²) in [6.45, 7) is 1.99. The molecule has 4 aromatic rings. The summed E-state index contributed by atoms with van der Waals surface area (Å²) in [6, 6.07) is 22.7. The second-order valence-corrected chi connectivity index (χ2v) is 9.42. The fourth-order valence-electron chi connectivity index (χ4n) is 3.89. The van der Waals surface area contributed by atoms with Gasteiger partial charge in [-0.2, -0.15) is 0 Å². The molecule has 2 heterocycles. The van der Waals surface area contributed by atoms with E-state index in [1.807, 2.05) is 78.3 Å². The molecule has 5 rings (SSSR count). The minimum absolute atomic E-state index is 0.143. The van der Waals surface area contributed by atoms with Gasteiger partial charge in [0.05, 0.1) is 18.2 Å². The minimum atomic E-state index is -0.523. The zero-order valence-electron chi connectivity index (χ0n) is 18.5. The van der Waals surface area contributed by atoms with Crippen molar-refractivity contribution in [3.05, 3.63) is 88.9 Å². The number of anilines is 1. The summed E-state index contributed by atoms with van der Waals surface area (Å²) in [5, 5.41) is 12.3. The number of thioether (sulfide) groups is 1. The Hall–Kier alpha value is -3.49. The number of methoxy groups -OCH3 is 1. The highest BCUT2D eigenvalue weighted by Gasteiger charge is 2.38. The van der Waals surface area contributed by atoms with Crippen molar-refractivity contribution >= 4 is 35.0 Å².